The van der Waals surface area contributed by atoms with Gasteiger partial charge in [-0.15, -0.1) is 10.2 Å². The van der Waals surface area contributed by atoms with Crippen LogP contribution in [0.1, 0.15) is 30.0 Å². The molecule has 2 aromatic carbocycles. The van der Waals surface area contributed by atoms with E-state index in [1.165, 1.54) is 23.3 Å². The molecule has 0 aliphatic carbocycles. The first kappa shape index (κ1) is 18.8. The Morgan fingerprint density at radius 2 is 1.71 bits per heavy atom. The third kappa shape index (κ3) is 4.13. The normalized spacial score (nSPS) is 17.0. The van der Waals surface area contributed by atoms with Crippen molar-refractivity contribution in [3.63, 3.8) is 0 Å². The van der Waals surface area contributed by atoms with Crippen LogP contribution in [0, 0.1) is 12.7 Å². The molecule has 0 radical (unpaired) electrons. The van der Waals surface area contributed by atoms with E-state index >= 15 is 0 Å². The Bertz CT molecular complexity index is 916. The zero-order valence-corrected chi connectivity index (χ0v) is 16.3. The molecule has 1 aromatic heterocycles. The minimum absolute atomic E-state index is 0.0577. The van der Waals surface area contributed by atoms with Gasteiger partial charge in [-0.3, -0.25) is 9.80 Å². The number of piperazine rings is 1. The average molecular weight is 380 g/mol. The van der Waals surface area contributed by atoms with Crippen molar-refractivity contribution >= 4 is 0 Å². The van der Waals surface area contributed by atoms with E-state index in [4.69, 9.17) is 4.42 Å². The van der Waals surface area contributed by atoms with E-state index in [0.717, 1.165) is 38.3 Å². The van der Waals surface area contributed by atoms with E-state index in [2.05, 4.69) is 58.1 Å². The highest BCUT2D eigenvalue weighted by molar-refractivity contribution is 5.52. The van der Waals surface area contributed by atoms with E-state index < -0.39 is 0 Å². The van der Waals surface area contributed by atoms with Gasteiger partial charge in [0.2, 0.25) is 11.8 Å². The van der Waals surface area contributed by atoms with E-state index in [1.807, 2.05) is 0 Å². The summed E-state index contributed by atoms with van der Waals surface area (Å²) < 4.78 is 19.0. The Kier molecular flexibility index (Phi) is 5.50. The number of hydrogen-bond acceptors (Lipinski definition) is 5. The van der Waals surface area contributed by atoms with Crippen molar-refractivity contribution in [2.75, 3.05) is 26.2 Å². The van der Waals surface area contributed by atoms with E-state index in [-0.39, 0.29) is 11.9 Å². The highest BCUT2D eigenvalue weighted by atomic mass is 19.1. The molecule has 5 nitrogen and oxygen atoms in total. The number of aryl methyl sites for hydroxylation is 1. The van der Waals surface area contributed by atoms with Crippen LogP contribution in [0.4, 0.5) is 4.39 Å². The van der Waals surface area contributed by atoms with Gasteiger partial charge in [0.1, 0.15) is 5.82 Å². The maximum Gasteiger partial charge on any atom is 0.247 e. The molecule has 0 bridgehead atoms. The van der Waals surface area contributed by atoms with Gasteiger partial charge in [-0.05, 0) is 49.2 Å². The summed E-state index contributed by atoms with van der Waals surface area (Å²) in [4.78, 5) is 4.86. The molecule has 2 heterocycles. The minimum Gasteiger partial charge on any atom is -0.419 e. The molecule has 0 amide bonds. The van der Waals surface area contributed by atoms with Crippen molar-refractivity contribution in [1.82, 2.24) is 20.0 Å². The number of rotatable bonds is 5. The monoisotopic (exact) mass is 380 g/mol. The number of benzene rings is 2. The summed E-state index contributed by atoms with van der Waals surface area (Å²) in [6.07, 6.45) is 0. The molecule has 6 heteroatoms. The first-order valence-corrected chi connectivity index (χ1v) is 9.70. The fourth-order valence-corrected chi connectivity index (χ4v) is 3.61. The summed E-state index contributed by atoms with van der Waals surface area (Å²) >= 11 is 0. The molecule has 4 rings (SSSR count). The standard InChI is InChI=1S/C22H25FN4O/c1-16-5-3-4-6-19(16)15-26-11-13-27(14-12-26)17(2)21-24-25-22(28-21)18-7-9-20(23)10-8-18/h3-10,17H,11-15H2,1-2H3/t17-/m1/s1. The molecular weight excluding hydrogens is 355 g/mol. The molecule has 1 atom stereocenters. The SMILES string of the molecule is Cc1ccccc1CN1CCN([C@H](C)c2nnc(-c3ccc(F)cc3)o2)CC1. The molecule has 3 aromatic rings. The summed E-state index contributed by atoms with van der Waals surface area (Å²) in [6.45, 7) is 9.20. The third-order valence-corrected chi connectivity index (χ3v) is 5.50. The summed E-state index contributed by atoms with van der Waals surface area (Å²) in [6, 6.07) is 14.7. The molecule has 1 saturated heterocycles. The Balaban J connectivity index is 1.36. The highest BCUT2D eigenvalue weighted by Gasteiger charge is 2.26. The van der Waals surface area contributed by atoms with Crippen LogP contribution in [0.15, 0.2) is 52.9 Å². The van der Waals surface area contributed by atoms with Gasteiger partial charge in [0.25, 0.3) is 0 Å². The van der Waals surface area contributed by atoms with E-state index in [1.54, 1.807) is 12.1 Å². The van der Waals surface area contributed by atoms with Crippen molar-refractivity contribution in [2.24, 2.45) is 0 Å². The Morgan fingerprint density at radius 1 is 1.00 bits per heavy atom. The molecule has 28 heavy (non-hydrogen) atoms. The van der Waals surface area contributed by atoms with Crippen LogP contribution >= 0.6 is 0 Å². The van der Waals surface area contributed by atoms with E-state index in [0.29, 0.717) is 11.8 Å². The van der Waals surface area contributed by atoms with Crippen molar-refractivity contribution in [2.45, 2.75) is 26.4 Å². The summed E-state index contributed by atoms with van der Waals surface area (Å²) in [5.74, 6) is 0.757. The predicted octanol–water partition coefficient (Wildman–Crippen LogP) is 4.06. The lowest BCUT2D eigenvalue weighted by Gasteiger charge is -2.37. The van der Waals surface area contributed by atoms with Crippen LogP contribution in [0.2, 0.25) is 0 Å². The molecule has 0 saturated carbocycles. The van der Waals surface area contributed by atoms with Gasteiger partial charge in [0, 0.05) is 38.3 Å². The maximum absolute atomic E-state index is 13.1. The smallest absolute Gasteiger partial charge is 0.247 e. The first-order valence-electron chi connectivity index (χ1n) is 9.70. The Labute approximate surface area is 164 Å². The fraction of sp³-hybridized carbons (Fsp3) is 0.364. The van der Waals surface area contributed by atoms with Crippen LogP contribution in [0.3, 0.4) is 0 Å². The van der Waals surface area contributed by atoms with Crippen LogP contribution in [0.25, 0.3) is 11.5 Å². The largest absolute Gasteiger partial charge is 0.419 e. The van der Waals surface area contributed by atoms with Crippen molar-refractivity contribution < 1.29 is 8.81 Å². The number of hydrogen-bond donors (Lipinski definition) is 0. The highest BCUT2D eigenvalue weighted by Crippen LogP contribution is 2.25. The molecule has 146 valence electrons. The lowest BCUT2D eigenvalue weighted by molar-refractivity contribution is 0.0875. The van der Waals surface area contributed by atoms with Gasteiger partial charge in [0.05, 0.1) is 6.04 Å². The van der Waals surface area contributed by atoms with Crippen LogP contribution in [0.5, 0.6) is 0 Å². The third-order valence-electron chi connectivity index (χ3n) is 5.50. The lowest BCUT2D eigenvalue weighted by atomic mass is 10.1. The first-order chi connectivity index (χ1) is 13.6. The second-order valence-corrected chi connectivity index (χ2v) is 7.37. The second kappa shape index (κ2) is 8.20. The van der Waals surface area contributed by atoms with Crippen LogP contribution in [-0.2, 0) is 6.54 Å². The molecule has 1 aliphatic rings. The van der Waals surface area contributed by atoms with Crippen molar-refractivity contribution in [3.8, 4) is 11.5 Å². The molecule has 0 spiro atoms. The Hall–Kier alpha value is -2.57. The molecule has 1 aliphatic heterocycles. The number of aromatic nitrogens is 2. The molecule has 0 unspecified atom stereocenters. The zero-order chi connectivity index (χ0) is 19.5. The van der Waals surface area contributed by atoms with Crippen molar-refractivity contribution in [1.29, 1.82) is 0 Å². The molecule has 0 N–H and O–H groups in total. The predicted molar refractivity (Wildman–Crippen MR) is 106 cm³/mol. The molecule has 1 fully saturated rings. The van der Waals surface area contributed by atoms with Gasteiger partial charge in [-0.25, -0.2) is 4.39 Å². The number of nitrogens with zero attached hydrogens (tertiary/aromatic N) is 4. The second-order valence-electron chi connectivity index (χ2n) is 7.37. The maximum atomic E-state index is 13.1. The van der Waals surface area contributed by atoms with E-state index in [9.17, 15) is 4.39 Å². The van der Waals surface area contributed by atoms with Gasteiger partial charge >= 0.3 is 0 Å². The quantitative estimate of drug-likeness (QED) is 0.668. The minimum atomic E-state index is -0.277. The lowest BCUT2D eigenvalue weighted by Crippen LogP contribution is -2.46. The van der Waals surface area contributed by atoms with Gasteiger partial charge in [-0.2, -0.15) is 0 Å². The van der Waals surface area contributed by atoms with Crippen LogP contribution < -0.4 is 0 Å². The fourth-order valence-electron chi connectivity index (χ4n) is 3.61. The topological polar surface area (TPSA) is 45.4 Å². The summed E-state index contributed by atoms with van der Waals surface area (Å²) in [7, 11) is 0. The van der Waals surface area contributed by atoms with Gasteiger partial charge in [-0.1, -0.05) is 24.3 Å². The zero-order valence-electron chi connectivity index (χ0n) is 16.3. The summed E-state index contributed by atoms with van der Waals surface area (Å²) in [5, 5.41) is 8.36. The van der Waals surface area contributed by atoms with Crippen molar-refractivity contribution in [3.05, 3.63) is 71.4 Å². The average Bonchev–Trinajstić information content (AvgIpc) is 3.20. The van der Waals surface area contributed by atoms with Gasteiger partial charge in [0.15, 0.2) is 0 Å². The molecular formula is C22H25FN4O. The number of halogens is 1. The van der Waals surface area contributed by atoms with Gasteiger partial charge < -0.3 is 4.42 Å². The van der Waals surface area contributed by atoms with Crippen LogP contribution in [-0.4, -0.2) is 46.2 Å². The Morgan fingerprint density at radius 3 is 2.43 bits per heavy atom. The summed E-state index contributed by atoms with van der Waals surface area (Å²) in [5.41, 5.74) is 3.47.